The van der Waals surface area contributed by atoms with Crippen LogP contribution >= 0.6 is 7.75 Å². The number of aliphatic hydroxyl groups is 1. The first kappa shape index (κ1) is 33.8. The van der Waals surface area contributed by atoms with Gasteiger partial charge in [-0.15, -0.1) is 0 Å². The molecule has 1 saturated heterocycles. The number of nitrogen functional groups attached to an aromatic ring is 1. The number of nitrogens with two attached hydrogens (primary N) is 1. The molecule has 3 aromatic rings. The summed E-state index contributed by atoms with van der Waals surface area (Å²) in [4.78, 5) is 29.3. The van der Waals surface area contributed by atoms with Crippen LogP contribution in [0.3, 0.4) is 0 Å². The molecule has 0 bridgehead atoms. The lowest BCUT2D eigenvalue weighted by molar-refractivity contribution is -0.168. The van der Waals surface area contributed by atoms with E-state index in [1.54, 1.807) is 52.0 Å². The normalized spacial score (nSPS) is 25.1. The van der Waals surface area contributed by atoms with Crippen LogP contribution in [0.2, 0.25) is 0 Å². The molecule has 15 nitrogen and oxygen atoms in total. The predicted molar refractivity (Wildman–Crippen MR) is 159 cm³/mol. The molecule has 1 fully saturated rings. The molecule has 4 N–H and O–H groups in total. The third kappa shape index (κ3) is 6.80. The van der Waals surface area contributed by atoms with Crippen molar-refractivity contribution >= 4 is 31.0 Å². The molecule has 0 saturated carbocycles. The maximum absolute atomic E-state index is 14.1. The maximum Gasteiger partial charge on any atom is 0.459 e. The van der Waals surface area contributed by atoms with Crippen LogP contribution in [0.15, 0.2) is 48.8 Å². The number of anilines is 1. The van der Waals surface area contributed by atoms with Gasteiger partial charge in [0, 0.05) is 0 Å². The molecule has 4 rings (SSSR count). The Kier molecular flexibility index (Phi) is 9.86. The summed E-state index contributed by atoms with van der Waals surface area (Å²) >= 11 is 0. The van der Waals surface area contributed by atoms with Crippen LogP contribution in [0.1, 0.15) is 47.2 Å². The van der Waals surface area contributed by atoms with Crippen LogP contribution < -0.4 is 15.3 Å². The molecule has 3 heterocycles. The molecule has 1 aromatic carbocycles. The zero-order valence-electron chi connectivity index (χ0n) is 25.7. The van der Waals surface area contributed by atoms with Gasteiger partial charge in [-0.2, -0.15) is 15.4 Å². The van der Waals surface area contributed by atoms with Gasteiger partial charge in [-0.3, -0.25) is 14.1 Å². The molecule has 0 aliphatic carbocycles. The number of nitrogens with zero attached hydrogens (tertiary/aromatic N) is 4. The standard InChI is InChI=1S/C29H37N6O9P/c1-17(2)26(36)42-24-22(43-29(15-30,28(24,6)38)23-13-12-21-25(31)32-16-33-35(21)23)14-40-45(39,44-20-10-8-7-9-11-20)34-19(5)27(37)41-18(3)4/h7-13,16-19,22,24,38H,14H2,1-6H3,(H,34,39)(H2,31,32,33)/t19-,22+,24+,28+,29-,45-/m0/s1. The second-order valence-electron chi connectivity index (χ2n) is 11.3. The Labute approximate surface area is 260 Å². The summed E-state index contributed by atoms with van der Waals surface area (Å²) in [5, 5.41) is 29.3. The highest BCUT2D eigenvalue weighted by atomic mass is 31.2. The van der Waals surface area contributed by atoms with Crippen molar-refractivity contribution in [2.24, 2.45) is 5.92 Å². The fourth-order valence-corrected chi connectivity index (χ4v) is 6.29. The van der Waals surface area contributed by atoms with E-state index in [-0.39, 0.29) is 17.3 Å². The lowest BCUT2D eigenvalue weighted by atomic mass is 9.80. The summed E-state index contributed by atoms with van der Waals surface area (Å²) in [7, 11) is -4.40. The van der Waals surface area contributed by atoms with Crippen LogP contribution in [0, 0.1) is 17.2 Å². The number of nitrogens with one attached hydrogen (secondary N) is 1. The quantitative estimate of drug-likeness (QED) is 0.191. The first-order valence-corrected chi connectivity index (χ1v) is 15.8. The monoisotopic (exact) mass is 644 g/mol. The minimum absolute atomic E-state index is 0.0686. The van der Waals surface area contributed by atoms with Gasteiger partial charge in [0.2, 0.25) is 5.60 Å². The molecular weight excluding hydrogens is 607 g/mol. The van der Waals surface area contributed by atoms with E-state index in [1.165, 1.54) is 42.9 Å². The molecule has 0 radical (unpaired) electrons. The summed E-state index contributed by atoms with van der Waals surface area (Å²) in [5.41, 5.74) is 1.99. The number of para-hydroxylation sites is 1. The number of hydrogen-bond acceptors (Lipinski definition) is 13. The zero-order valence-corrected chi connectivity index (χ0v) is 26.6. The van der Waals surface area contributed by atoms with Crippen molar-refractivity contribution in [2.75, 3.05) is 12.3 Å². The highest BCUT2D eigenvalue weighted by Gasteiger charge is 2.67. The Morgan fingerprint density at radius 1 is 1.18 bits per heavy atom. The number of fused-ring (bicyclic) bond motifs is 1. The van der Waals surface area contributed by atoms with Crippen molar-refractivity contribution in [2.45, 2.75) is 77.1 Å². The number of esters is 2. The second-order valence-corrected chi connectivity index (χ2v) is 13.0. The van der Waals surface area contributed by atoms with Gasteiger partial charge < -0.3 is 29.6 Å². The number of hydrogen-bond donors (Lipinski definition) is 3. The van der Waals surface area contributed by atoms with Crippen LogP contribution in [0.5, 0.6) is 5.75 Å². The van der Waals surface area contributed by atoms with E-state index >= 15 is 0 Å². The third-order valence-corrected chi connectivity index (χ3v) is 8.73. The lowest BCUT2D eigenvalue weighted by Gasteiger charge is -2.34. The van der Waals surface area contributed by atoms with Crippen molar-refractivity contribution in [1.29, 1.82) is 5.26 Å². The first-order valence-electron chi connectivity index (χ1n) is 14.2. The van der Waals surface area contributed by atoms with Crippen LogP contribution in [0.4, 0.5) is 5.82 Å². The SMILES string of the molecule is CC(C)OC(=O)[C@H](C)N[P@](=O)(OC[C@H]1O[C@@](C#N)(c2ccc3c(N)ncnn23)[C@](C)(O)[C@@H]1OC(=O)C(C)C)Oc1ccccc1. The molecule has 2 aromatic heterocycles. The van der Waals surface area contributed by atoms with E-state index in [0.29, 0.717) is 5.52 Å². The molecule has 0 spiro atoms. The average molecular weight is 645 g/mol. The van der Waals surface area contributed by atoms with Gasteiger partial charge in [0.15, 0.2) is 11.9 Å². The molecular formula is C29H37N6O9P. The van der Waals surface area contributed by atoms with Gasteiger partial charge in [0.05, 0.1) is 24.3 Å². The summed E-state index contributed by atoms with van der Waals surface area (Å²) in [6.45, 7) is 8.60. The fraction of sp³-hybridized carbons (Fsp3) is 0.483. The Hall–Kier alpha value is -4.06. The van der Waals surface area contributed by atoms with Crippen LogP contribution in [0.25, 0.3) is 5.52 Å². The van der Waals surface area contributed by atoms with E-state index in [1.807, 2.05) is 6.07 Å². The van der Waals surface area contributed by atoms with E-state index in [2.05, 4.69) is 15.2 Å². The molecule has 0 amide bonds. The second kappa shape index (κ2) is 13.1. The lowest BCUT2D eigenvalue weighted by Crippen LogP contribution is -2.54. The molecule has 1 aliphatic rings. The largest absolute Gasteiger partial charge is 0.462 e. The summed E-state index contributed by atoms with van der Waals surface area (Å²) in [6, 6.07) is 12.0. The molecule has 1 aliphatic heterocycles. The van der Waals surface area contributed by atoms with E-state index in [9.17, 15) is 24.5 Å². The number of nitriles is 1. The average Bonchev–Trinajstić information content (AvgIpc) is 3.50. The number of benzene rings is 1. The molecule has 242 valence electrons. The van der Waals surface area contributed by atoms with Crippen molar-refractivity contribution < 1.29 is 42.5 Å². The van der Waals surface area contributed by atoms with Crippen LogP contribution in [-0.4, -0.2) is 68.2 Å². The highest BCUT2D eigenvalue weighted by molar-refractivity contribution is 7.52. The van der Waals surface area contributed by atoms with Gasteiger partial charge in [-0.1, -0.05) is 32.0 Å². The maximum atomic E-state index is 14.1. The molecule has 6 atom stereocenters. The number of ether oxygens (including phenoxy) is 3. The molecule has 45 heavy (non-hydrogen) atoms. The molecule has 16 heteroatoms. The fourth-order valence-electron chi connectivity index (χ4n) is 4.79. The van der Waals surface area contributed by atoms with E-state index < -0.39 is 67.8 Å². The Bertz CT molecular complexity index is 1620. The van der Waals surface area contributed by atoms with Crippen molar-refractivity contribution in [1.82, 2.24) is 19.7 Å². The number of aromatic nitrogens is 3. The van der Waals surface area contributed by atoms with Gasteiger partial charge in [-0.05, 0) is 52.0 Å². The predicted octanol–water partition coefficient (Wildman–Crippen LogP) is 2.88. The Morgan fingerprint density at radius 2 is 1.87 bits per heavy atom. The van der Waals surface area contributed by atoms with Gasteiger partial charge >= 0.3 is 19.7 Å². The third-order valence-electron chi connectivity index (χ3n) is 7.08. The zero-order chi connectivity index (χ0) is 33.2. The van der Waals surface area contributed by atoms with Crippen molar-refractivity contribution in [3.63, 3.8) is 0 Å². The summed E-state index contributed by atoms with van der Waals surface area (Å²) in [5.74, 6) is -1.74. The number of carbonyl (C=O) groups is 2. The number of rotatable bonds is 12. The van der Waals surface area contributed by atoms with Gasteiger partial charge in [0.25, 0.3) is 0 Å². The van der Waals surface area contributed by atoms with Crippen LogP contribution in [-0.2, 0) is 38.5 Å². The van der Waals surface area contributed by atoms with E-state index in [0.717, 1.165) is 0 Å². The summed E-state index contributed by atoms with van der Waals surface area (Å²) in [6.07, 6.45) is -2.15. The molecule has 0 unspecified atom stereocenters. The minimum Gasteiger partial charge on any atom is -0.462 e. The number of carbonyl (C=O) groups excluding carboxylic acids is 2. The van der Waals surface area contributed by atoms with Gasteiger partial charge in [0.1, 0.15) is 41.4 Å². The Balaban J connectivity index is 1.72. The smallest absolute Gasteiger partial charge is 0.459 e. The van der Waals surface area contributed by atoms with Gasteiger partial charge in [-0.25, -0.2) is 14.1 Å². The topological polar surface area (TPSA) is 210 Å². The highest BCUT2D eigenvalue weighted by Crippen LogP contribution is 2.51. The van der Waals surface area contributed by atoms with Crippen molar-refractivity contribution in [3.8, 4) is 11.8 Å². The minimum atomic E-state index is -4.40. The van der Waals surface area contributed by atoms with Crippen molar-refractivity contribution in [3.05, 3.63) is 54.5 Å². The van der Waals surface area contributed by atoms with E-state index in [4.69, 9.17) is 29.0 Å². The Morgan fingerprint density at radius 3 is 2.49 bits per heavy atom. The first-order chi connectivity index (χ1) is 21.1. The summed E-state index contributed by atoms with van der Waals surface area (Å²) < 4.78 is 44.0.